The van der Waals surface area contributed by atoms with E-state index in [2.05, 4.69) is 11.4 Å². The van der Waals surface area contributed by atoms with Gasteiger partial charge in [-0.25, -0.2) is 0 Å². The van der Waals surface area contributed by atoms with Crippen molar-refractivity contribution in [1.29, 1.82) is 5.26 Å². The first-order valence-corrected chi connectivity index (χ1v) is 8.82. The van der Waals surface area contributed by atoms with Crippen molar-refractivity contribution in [1.82, 2.24) is 0 Å². The number of amides is 1. The second kappa shape index (κ2) is 7.85. The maximum absolute atomic E-state index is 12.0. The van der Waals surface area contributed by atoms with Crippen molar-refractivity contribution in [2.75, 3.05) is 11.6 Å². The van der Waals surface area contributed by atoms with Crippen molar-refractivity contribution in [3.05, 3.63) is 65.7 Å². The molecule has 0 aliphatic rings. The second-order valence-electron chi connectivity index (χ2n) is 5.91. The highest BCUT2D eigenvalue weighted by Crippen LogP contribution is 2.23. The van der Waals surface area contributed by atoms with Gasteiger partial charge in [-0.1, -0.05) is 24.3 Å². The summed E-state index contributed by atoms with van der Waals surface area (Å²) in [5.41, 5.74) is 2.08. The van der Waals surface area contributed by atoms with Crippen molar-refractivity contribution < 1.29 is 4.79 Å². The van der Waals surface area contributed by atoms with Gasteiger partial charge in [0.05, 0.1) is 11.5 Å². The van der Waals surface area contributed by atoms with Gasteiger partial charge >= 0.3 is 0 Å². The molecule has 0 aromatic heterocycles. The molecule has 24 heavy (non-hydrogen) atoms. The highest BCUT2D eigenvalue weighted by Gasteiger charge is 2.19. The highest BCUT2D eigenvalue weighted by molar-refractivity contribution is 7.98. The third-order valence-electron chi connectivity index (χ3n) is 3.70. The molecule has 0 aliphatic heterocycles. The molecule has 0 atom stereocenters. The Bertz CT molecular complexity index is 769. The maximum atomic E-state index is 12.0. The Morgan fingerprint density at radius 2 is 1.75 bits per heavy atom. The summed E-state index contributed by atoms with van der Waals surface area (Å²) in [5.74, 6) is -0.184. The SMILES string of the molecule is CSc1ccc(/C=C/C(=O)Nc2ccc(C(C)(C)C#N)cc2)cc1. The molecule has 4 heteroatoms. The fourth-order valence-corrected chi connectivity index (χ4v) is 2.51. The van der Waals surface area contributed by atoms with Crippen LogP contribution in [0.4, 0.5) is 5.69 Å². The molecule has 122 valence electrons. The number of nitriles is 1. The summed E-state index contributed by atoms with van der Waals surface area (Å²) < 4.78 is 0. The van der Waals surface area contributed by atoms with E-state index >= 15 is 0 Å². The molecule has 3 nitrogen and oxygen atoms in total. The third kappa shape index (κ3) is 4.74. The van der Waals surface area contributed by atoms with E-state index in [1.165, 1.54) is 11.0 Å². The number of nitrogens with zero attached hydrogens (tertiary/aromatic N) is 1. The van der Waals surface area contributed by atoms with Crippen LogP contribution < -0.4 is 5.32 Å². The quantitative estimate of drug-likeness (QED) is 0.626. The number of hydrogen-bond donors (Lipinski definition) is 1. The lowest BCUT2D eigenvalue weighted by Crippen LogP contribution is -2.14. The highest BCUT2D eigenvalue weighted by atomic mass is 32.2. The number of anilines is 1. The summed E-state index contributed by atoms with van der Waals surface area (Å²) in [5, 5.41) is 12.0. The van der Waals surface area contributed by atoms with Gasteiger partial charge in [0.15, 0.2) is 0 Å². The first kappa shape index (κ1) is 17.8. The summed E-state index contributed by atoms with van der Waals surface area (Å²) in [7, 11) is 0. The van der Waals surface area contributed by atoms with E-state index in [0.717, 1.165) is 11.1 Å². The van der Waals surface area contributed by atoms with Crippen LogP contribution >= 0.6 is 11.8 Å². The Morgan fingerprint density at radius 1 is 1.12 bits per heavy atom. The molecule has 2 aromatic rings. The minimum absolute atomic E-state index is 0.184. The molecule has 1 amide bonds. The van der Waals surface area contributed by atoms with E-state index in [1.807, 2.05) is 68.6 Å². The Kier molecular flexibility index (Phi) is 5.83. The van der Waals surface area contributed by atoms with Gasteiger partial charge in [-0.3, -0.25) is 4.79 Å². The molecule has 0 heterocycles. The largest absolute Gasteiger partial charge is 0.323 e. The van der Waals surface area contributed by atoms with Crippen molar-refractivity contribution in [3.8, 4) is 6.07 Å². The summed E-state index contributed by atoms with van der Waals surface area (Å²) in [6.45, 7) is 3.73. The minimum Gasteiger partial charge on any atom is -0.323 e. The fraction of sp³-hybridized carbons (Fsp3) is 0.200. The van der Waals surface area contributed by atoms with E-state index < -0.39 is 5.41 Å². The number of hydrogen-bond acceptors (Lipinski definition) is 3. The molecule has 0 bridgehead atoms. The van der Waals surface area contributed by atoms with Crippen LogP contribution in [-0.4, -0.2) is 12.2 Å². The molecular formula is C20H20N2OS. The predicted molar refractivity (Wildman–Crippen MR) is 101 cm³/mol. The molecule has 0 saturated heterocycles. The Balaban J connectivity index is 1.99. The average molecular weight is 336 g/mol. The number of benzene rings is 2. The van der Waals surface area contributed by atoms with Gasteiger partial charge in [-0.05, 0) is 61.6 Å². The molecule has 0 unspecified atom stereocenters. The molecule has 0 fully saturated rings. The van der Waals surface area contributed by atoms with Crippen LogP contribution in [0.1, 0.15) is 25.0 Å². The zero-order chi connectivity index (χ0) is 17.6. The van der Waals surface area contributed by atoms with E-state index in [9.17, 15) is 4.79 Å². The smallest absolute Gasteiger partial charge is 0.248 e. The van der Waals surface area contributed by atoms with Crippen LogP contribution in [-0.2, 0) is 10.2 Å². The Hall–Kier alpha value is -2.51. The number of carbonyl (C=O) groups is 1. The maximum Gasteiger partial charge on any atom is 0.248 e. The van der Waals surface area contributed by atoms with Gasteiger partial charge in [0.2, 0.25) is 5.91 Å². The van der Waals surface area contributed by atoms with Gasteiger partial charge in [0, 0.05) is 16.7 Å². The third-order valence-corrected chi connectivity index (χ3v) is 4.44. The van der Waals surface area contributed by atoms with Crippen LogP contribution in [0.15, 0.2) is 59.5 Å². The Morgan fingerprint density at radius 3 is 2.29 bits per heavy atom. The zero-order valence-electron chi connectivity index (χ0n) is 14.0. The lowest BCUT2D eigenvalue weighted by atomic mass is 9.86. The van der Waals surface area contributed by atoms with Gasteiger partial charge in [-0.2, -0.15) is 5.26 Å². The van der Waals surface area contributed by atoms with Crippen LogP contribution in [0.5, 0.6) is 0 Å². The number of rotatable bonds is 5. The normalized spacial score (nSPS) is 11.2. The van der Waals surface area contributed by atoms with Gasteiger partial charge in [0.25, 0.3) is 0 Å². The van der Waals surface area contributed by atoms with E-state index in [4.69, 9.17) is 5.26 Å². The predicted octanol–water partition coefficient (Wildman–Crippen LogP) is 4.86. The monoisotopic (exact) mass is 336 g/mol. The first-order valence-electron chi connectivity index (χ1n) is 7.59. The number of thioether (sulfide) groups is 1. The summed E-state index contributed by atoms with van der Waals surface area (Å²) in [6.07, 6.45) is 5.33. The van der Waals surface area contributed by atoms with Crippen molar-refractivity contribution >= 4 is 29.4 Å². The van der Waals surface area contributed by atoms with E-state index in [-0.39, 0.29) is 5.91 Å². The molecule has 2 aromatic carbocycles. The molecule has 2 rings (SSSR count). The van der Waals surface area contributed by atoms with Crippen LogP contribution in [0.3, 0.4) is 0 Å². The van der Waals surface area contributed by atoms with Crippen molar-refractivity contribution in [2.24, 2.45) is 0 Å². The number of nitrogens with one attached hydrogen (secondary N) is 1. The molecule has 0 spiro atoms. The number of carbonyl (C=O) groups excluding carboxylic acids is 1. The van der Waals surface area contributed by atoms with Crippen LogP contribution in [0, 0.1) is 11.3 Å². The molecule has 0 saturated carbocycles. The lowest BCUT2D eigenvalue weighted by molar-refractivity contribution is -0.111. The summed E-state index contributed by atoms with van der Waals surface area (Å²) in [4.78, 5) is 13.2. The van der Waals surface area contributed by atoms with Crippen LogP contribution in [0.2, 0.25) is 0 Å². The molecule has 0 radical (unpaired) electrons. The fourth-order valence-electron chi connectivity index (χ4n) is 2.11. The lowest BCUT2D eigenvalue weighted by Gasteiger charge is -2.15. The van der Waals surface area contributed by atoms with Gasteiger partial charge in [-0.15, -0.1) is 11.8 Å². The van der Waals surface area contributed by atoms with Gasteiger partial charge in [0.1, 0.15) is 0 Å². The average Bonchev–Trinajstić information content (AvgIpc) is 2.61. The summed E-state index contributed by atoms with van der Waals surface area (Å²) in [6, 6.07) is 17.6. The topological polar surface area (TPSA) is 52.9 Å². The van der Waals surface area contributed by atoms with Crippen molar-refractivity contribution in [2.45, 2.75) is 24.2 Å². The standard InChI is InChI=1S/C20H20N2OS/c1-20(2,14-21)16-7-9-17(10-8-16)22-19(23)13-6-15-4-11-18(24-3)12-5-15/h4-13H,1-3H3,(H,22,23)/b13-6+. The van der Waals surface area contributed by atoms with Crippen molar-refractivity contribution in [3.63, 3.8) is 0 Å². The molecule has 1 N–H and O–H groups in total. The Labute approximate surface area is 147 Å². The summed E-state index contributed by atoms with van der Waals surface area (Å²) >= 11 is 1.68. The van der Waals surface area contributed by atoms with E-state index in [1.54, 1.807) is 17.8 Å². The second-order valence-corrected chi connectivity index (χ2v) is 6.79. The van der Waals surface area contributed by atoms with Crippen LogP contribution in [0.25, 0.3) is 6.08 Å². The first-order chi connectivity index (χ1) is 11.4. The molecule has 0 aliphatic carbocycles. The minimum atomic E-state index is -0.536. The molecular weight excluding hydrogens is 316 g/mol. The van der Waals surface area contributed by atoms with Gasteiger partial charge < -0.3 is 5.32 Å². The zero-order valence-corrected chi connectivity index (χ0v) is 14.9. The van der Waals surface area contributed by atoms with E-state index in [0.29, 0.717) is 5.69 Å².